The Kier molecular flexibility index (Phi) is 2.28. The first-order valence-electron chi connectivity index (χ1n) is 4.98. The summed E-state index contributed by atoms with van der Waals surface area (Å²) < 4.78 is 4.74. The van der Waals surface area contributed by atoms with Crippen LogP contribution in [0.25, 0.3) is 0 Å². The van der Waals surface area contributed by atoms with Crippen molar-refractivity contribution in [2.75, 3.05) is 7.11 Å². The highest BCUT2D eigenvalue weighted by atomic mass is 16.5. The molecule has 0 aromatic rings. The summed E-state index contributed by atoms with van der Waals surface area (Å²) in [5.41, 5.74) is 0. The summed E-state index contributed by atoms with van der Waals surface area (Å²) in [6.45, 7) is 0. The van der Waals surface area contributed by atoms with Gasteiger partial charge in [-0.1, -0.05) is 0 Å². The van der Waals surface area contributed by atoms with E-state index in [1.807, 2.05) is 0 Å². The Bertz CT molecular complexity index is 214. The fourth-order valence-corrected chi connectivity index (χ4v) is 2.89. The number of hydrogen-bond donors (Lipinski definition) is 1. The van der Waals surface area contributed by atoms with Crippen molar-refractivity contribution in [1.29, 1.82) is 0 Å². The highest BCUT2D eigenvalue weighted by Crippen LogP contribution is 2.45. The van der Waals surface area contributed by atoms with E-state index < -0.39 is 0 Å². The molecule has 0 aliphatic heterocycles. The van der Waals surface area contributed by atoms with Crippen LogP contribution in [0.1, 0.15) is 25.7 Å². The Morgan fingerprint density at radius 1 is 1.38 bits per heavy atom. The van der Waals surface area contributed by atoms with E-state index >= 15 is 0 Å². The molecule has 0 amide bonds. The third-order valence-electron chi connectivity index (χ3n) is 3.59. The van der Waals surface area contributed by atoms with Crippen molar-refractivity contribution < 1.29 is 14.6 Å². The molecule has 0 aromatic carbocycles. The number of aliphatic hydroxyl groups excluding tert-OH is 1. The molecule has 0 spiro atoms. The van der Waals surface area contributed by atoms with Gasteiger partial charge in [0.1, 0.15) is 0 Å². The number of carbonyl (C=O) groups excluding carboxylic acids is 1. The van der Waals surface area contributed by atoms with E-state index in [0.717, 1.165) is 19.3 Å². The monoisotopic (exact) mass is 184 g/mol. The lowest BCUT2D eigenvalue weighted by Crippen LogP contribution is -2.44. The van der Waals surface area contributed by atoms with Gasteiger partial charge in [0.05, 0.1) is 19.1 Å². The molecule has 0 heterocycles. The number of fused-ring (bicyclic) bond motifs is 3. The van der Waals surface area contributed by atoms with Crippen LogP contribution in [0.5, 0.6) is 0 Å². The average molecular weight is 184 g/mol. The largest absolute Gasteiger partial charge is 0.469 e. The van der Waals surface area contributed by atoms with Crippen LogP contribution in [0, 0.1) is 17.8 Å². The summed E-state index contributed by atoms with van der Waals surface area (Å²) in [7, 11) is 1.43. The Labute approximate surface area is 78.1 Å². The quantitative estimate of drug-likeness (QED) is 0.617. The molecule has 3 heteroatoms. The highest BCUT2D eigenvalue weighted by molar-refractivity contribution is 5.73. The smallest absolute Gasteiger partial charge is 0.309 e. The fourth-order valence-electron chi connectivity index (χ4n) is 2.89. The molecule has 3 nitrogen and oxygen atoms in total. The van der Waals surface area contributed by atoms with E-state index in [1.165, 1.54) is 13.5 Å². The summed E-state index contributed by atoms with van der Waals surface area (Å²) in [4.78, 5) is 11.4. The average Bonchev–Trinajstić information content (AvgIpc) is 2.17. The minimum Gasteiger partial charge on any atom is -0.469 e. The van der Waals surface area contributed by atoms with Gasteiger partial charge in [-0.2, -0.15) is 0 Å². The van der Waals surface area contributed by atoms with Gasteiger partial charge in [-0.3, -0.25) is 4.79 Å². The van der Waals surface area contributed by atoms with Gasteiger partial charge in [-0.05, 0) is 37.5 Å². The van der Waals surface area contributed by atoms with Crippen LogP contribution in [-0.4, -0.2) is 24.3 Å². The summed E-state index contributed by atoms with van der Waals surface area (Å²) in [5.74, 6) is 0.544. The zero-order valence-corrected chi connectivity index (χ0v) is 7.90. The zero-order chi connectivity index (χ0) is 9.42. The summed E-state index contributed by atoms with van der Waals surface area (Å²) in [6, 6.07) is 0. The molecule has 3 aliphatic rings. The van der Waals surface area contributed by atoms with Crippen molar-refractivity contribution in [3.8, 4) is 0 Å². The van der Waals surface area contributed by atoms with Crippen molar-refractivity contribution in [2.24, 2.45) is 17.8 Å². The minimum atomic E-state index is -0.267. The lowest BCUT2D eigenvalue weighted by Gasteiger charge is -2.44. The molecule has 2 bridgehead atoms. The van der Waals surface area contributed by atoms with E-state index in [9.17, 15) is 9.90 Å². The van der Waals surface area contributed by atoms with Gasteiger partial charge < -0.3 is 9.84 Å². The summed E-state index contributed by atoms with van der Waals surface area (Å²) in [6.07, 6.45) is 3.71. The number of esters is 1. The maximum Gasteiger partial charge on any atom is 0.309 e. The van der Waals surface area contributed by atoms with Crippen LogP contribution < -0.4 is 0 Å². The molecule has 13 heavy (non-hydrogen) atoms. The van der Waals surface area contributed by atoms with E-state index in [1.54, 1.807) is 0 Å². The molecular formula is C10H16O3. The SMILES string of the molecule is COC(=O)[C@@H]1C[C@@H]2CC[C@@H]1[C@H](O)C2. The molecular weight excluding hydrogens is 168 g/mol. The standard InChI is InChI=1S/C10H16O3/c1-13-10(12)8-4-6-2-3-7(8)9(11)5-6/h6-9,11H,2-5H2,1H3/t6-,7-,8+,9+/m0/s1. The molecule has 1 N–H and O–H groups in total. The minimum absolute atomic E-state index is 0.0347. The number of rotatable bonds is 1. The molecule has 3 rings (SSSR count). The maximum absolute atomic E-state index is 11.4. The number of carbonyl (C=O) groups is 1. The molecule has 0 saturated heterocycles. The van der Waals surface area contributed by atoms with Crippen LogP contribution in [0.3, 0.4) is 0 Å². The van der Waals surface area contributed by atoms with E-state index in [2.05, 4.69) is 0 Å². The summed E-state index contributed by atoms with van der Waals surface area (Å²) >= 11 is 0. The van der Waals surface area contributed by atoms with Crippen LogP contribution >= 0.6 is 0 Å². The number of methoxy groups -OCH3 is 1. The Morgan fingerprint density at radius 2 is 2.15 bits per heavy atom. The summed E-state index contributed by atoms with van der Waals surface area (Å²) in [5, 5.41) is 9.71. The first-order chi connectivity index (χ1) is 6.22. The van der Waals surface area contributed by atoms with E-state index in [-0.39, 0.29) is 23.9 Å². The van der Waals surface area contributed by atoms with Gasteiger partial charge in [0.25, 0.3) is 0 Å². The van der Waals surface area contributed by atoms with Crippen LogP contribution in [-0.2, 0) is 9.53 Å². The number of ether oxygens (including phenoxy) is 1. The van der Waals surface area contributed by atoms with Gasteiger partial charge >= 0.3 is 5.97 Å². The van der Waals surface area contributed by atoms with Crippen LogP contribution in [0.2, 0.25) is 0 Å². The van der Waals surface area contributed by atoms with Gasteiger partial charge in [-0.15, -0.1) is 0 Å². The molecule has 3 saturated carbocycles. The van der Waals surface area contributed by atoms with Crippen molar-refractivity contribution >= 4 is 5.97 Å². The molecule has 0 radical (unpaired) electrons. The Hall–Kier alpha value is -0.570. The molecule has 0 unspecified atom stereocenters. The maximum atomic E-state index is 11.4. The van der Waals surface area contributed by atoms with Gasteiger partial charge in [0.15, 0.2) is 0 Å². The second-order valence-corrected chi connectivity index (χ2v) is 4.28. The third kappa shape index (κ3) is 1.46. The van der Waals surface area contributed by atoms with E-state index in [0.29, 0.717) is 5.92 Å². The Morgan fingerprint density at radius 3 is 2.69 bits per heavy atom. The van der Waals surface area contributed by atoms with Crippen molar-refractivity contribution in [1.82, 2.24) is 0 Å². The van der Waals surface area contributed by atoms with Crippen molar-refractivity contribution in [2.45, 2.75) is 31.8 Å². The zero-order valence-electron chi connectivity index (χ0n) is 7.90. The van der Waals surface area contributed by atoms with Gasteiger partial charge in [0.2, 0.25) is 0 Å². The van der Waals surface area contributed by atoms with Crippen LogP contribution in [0.15, 0.2) is 0 Å². The second kappa shape index (κ2) is 3.29. The van der Waals surface area contributed by atoms with Crippen LogP contribution in [0.4, 0.5) is 0 Å². The molecule has 3 aliphatic carbocycles. The van der Waals surface area contributed by atoms with Gasteiger partial charge in [-0.25, -0.2) is 0 Å². The van der Waals surface area contributed by atoms with E-state index in [4.69, 9.17) is 4.74 Å². The highest BCUT2D eigenvalue weighted by Gasteiger charge is 2.44. The van der Waals surface area contributed by atoms with Crippen molar-refractivity contribution in [3.63, 3.8) is 0 Å². The third-order valence-corrected chi connectivity index (χ3v) is 3.59. The lowest BCUT2D eigenvalue weighted by atomic mass is 9.63. The predicted molar refractivity (Wildman–Crippen MR) is 47.0 cm³/mol. The first kappa shape index (κ1) is 9.00. The predicted octanol–water partition coefficient (Wildman–Crippen LogP) is 0.956. The molecule has 3 fully saturated rings. The molecule has 74 valence electrons. The molecule has 4 atom stereocenters. The fraction of sp³-hybridized carbons (Fsp3) is 0.900. The second-order valence-electron chi connectivity index (χ2n) is 4.28. The number of hydrogen-bond acceptors (Lipinski definition) is 3. The lowest BCUT2D eigenvalue weighted by molar-refractivity contribution is -0.156. The normalized spacial score (nSPS) is 43.2. The van der Waals surface area contributed by atoms with Crippen molar-refractivity contribution in [3.05, 3.63) is 0 Å². The Balaban J connectivity index is 2.10. The topological polar surface area (TPSA) is 46.5 Å². The van der Waals surface area contributed by atoms with Gasteiger partial charge in [0, 0.05) is 0 Å². The molecule has 0 aromatic heterocycles. The first-order valence-corrected chi connectivity index (χ1v) is 4.98. The number of aliphatic hydroxyl groups is 1.